The molecule has 0 spiro atoms. The molecule has 0 saturated carbocycles. The minimum Gasteiger partial charge on any atom is -0.309 e. The van der Waals surface area contributed by atoms with Gasteiger partial charge >= 0.3 is 0 Å². The predicted octanol–water partition coefficient (Wildman–Crippen LogP) is 2.03. The molecule has 1 N–H and O–H groups in total. The smallest absolute Gasteiger partial charge is 0.267 e. The van der Waals surface area contributed by atoms with Crippen LogP contribution in [0.5, 0.6) is 0 Å². The van der Waals surface area contributed by atoms with E-state index in [1.165, 1.54) is 10.7 Å². The monoisotopic (exact) mass is 367 g/mol. The highest BCUT2D eigenvalue weighted by Crippen LogP contribution is 2.34. The van der Waals surface area contributed by atoms with Crippen LogP contribution in [0.3, 0.4) is 0 Å². The average Bonchev–Trinajstić information content (AvgIpc) is 3.20. The number of hydrogen-bond acceptors (Lipinski definition) is 5. The number of aryl methyl sites for hydroxylation is 1. The summed E-state index contributed by atoms with van der Waals surface area (Å²) >= 11 is 1.77. The summed E-state index contributed by atoms with van der Waals surface area (Å²) in [7, 11) is 1.80. The number of fused-ring (bicyclic) bond motifs is 1. The van der Waals surface area contributed by atoms with Crippen LogP contribution < -0.4 is 10.9 Å². The largest absolute Gasteiger partial charge is 0.309 e. The summed E-state index contributed by atoms with van der Waals surface area (Å²) in [5.41, 5.74) is 3.29. The molecular formula is C18H17N5O2S. The van der Waals surface area contributed by atoms with Gasteiger partial charge in [-0.2, -0.15) is 22.0 Å². The van der Waals surface area contributed by atoms with E-state index in [9.17, 15) is 9.59 Å². The van der Waals surface area contributed by atoms with Gasteiger partial charge in [0.1, 0.15) is 12.4 Å². The molecule has 0 bridgehead atoms. The van der Waals surface area contributed by atoms with Crippen molar-refractivity contribution in [3.63, 3.8) is 0 Å². The van der Waals surface area contributed by atoms with E-state index in [1.807, 2.05) is 30.3 Å². The zero-order valence-corrected chi connectivity index (χ0v) is 15.0. The van der Waals surface area contributed by atoms with E-state index in [2.05, 4.69) is 15.5 Å². The second-order valence-corrected chi connectivity index (χ2v) is 7.00. The van der Waals surface area contributed by atoms with Crippen LogP contribution in [0.15, 0.2) is 47.3 Å². The minimum absolute atomic E-state index is 0.146. The van der Waals surface area contributed by atoms with Crippen molar-refractivity contribution < 1.29 is 4.79 Å². The number of hydrogen-bond donors (Lipinski definition) is 1. The van der Waals surface area contributed by atoms with E-state index in [1.54, 1.807) is 29.6 Å². The maximum atomic E-state index is 12.5. The van der Waals surface area contributed by atoms with Crippen LogP contribution in [0.25, 0.3) is 11.3 Å². The van der Waals surface area contributed by atoms with Gasteiger partial charge in [-0.1, -0.05) is 30.3 Å². The van der Waals surface area contributed by atoms with Crippen LogP contribution in [0.2, 0.25) is 0 Å². The lowest BCUT2D eigenvalue weighted by molar-refractivity contribution is -0.117. The van der Waals surface area contributed by atoms with E-state index < -0.39 is 0 Å². The van der Waals surface area contributed by atoms with Gasteiger partial charge in [0, 0.05) is 35.7 Å². The summed E-state index contributed by atoms with van der Waals surface area (Å²) in [4.78, 5) is 24.6. The van der Waals surface area contributed by atoms with Crippen LogP contribution in [0.1, 0.15) is 11.3 Å². The Labute approximate surface area is 154 Å². The summed E-state index contributed by atoms with van der Waals surface area (Å²) in [6, 6.07) is 12.6. The van der Waals surface area contributed by atoms with Gasteiger partial charge < -0.3 is 5.32 Å². The fourth-order valence-corrected chi connectivity index (χ4v) is 3.96. The number of thioether (sulfide) groups is 1. The number of nitrogens with one attached hydrogen (secondary N) is 1. The lowest BCUT2D eigenvalue weighted by atomic mass is 10.1. The van der Waals surface area contributed by atoms with E-state index >= 15 is 0 Å². The second-order valence-electron chi connectivity index (χ2n) is 6.02. The fraction of sp³-hybridized carbons (Fsp3) is 0.222. The quantitative estimate of drug-likeness (QED) is 0.763. The molecule has 3 aromatic rings. The van der Waals surface area contributed by atoms with Crippen molar-refractivity contribution in [2.24, 2.45) is 7.05 Å². The van der Waals surface area contributed by atoms with E-state index in [-0.39, 0.29) is 18.0 Å². The highest BCUT2D eigenvalue weighted by Gasteiger charge is 2.22. The zero-order valence-electron chi connectivity index (χ0n) is 14.2. The van der Waals surface area contributed by atoms with Crippen molar-refractivity contribution in [2.45, 2.75) is 18.1 Å². The van der Waals surface area contributed by atoms with Crippen molar-refractivity contribution in [3.05, 3.63) is 64.1 Å². The van der Waals surface area contributed by atoms with Gasteiger partial charge in [0.25, 0.3) is 5.56 Å². The molecule has 2 aromatic heterocycles. The Balaban J connectivity index is 1.56. The molecular weight excluding hydrogens is 350 g/mol. The highest BCUT2D eigenvalue weighted by atomic mass is 32.2. The molecule has 8 heteroatoms. The van der Waals surface area contributed by atoms with Crippen molar-refractivity contribution in [3.8, 4) is 11.3 Å². The first-order valence-corrected chi connectivity index (χ1v) is 9.33. The number of aromatic nitrogens is 4. The normalized spacial score (nSPS) is 12.8. The standard InChI is InChI=1S/C18H17N5O2S/c1-22-18(13-10-26-11-15(13)20-22)19-16(24)9-23-17(25)8-7-14(21-23)12-5-3-2-4-6-12/h2-8H,9-11H2,1H3,(H,19,24). The molecule has 26 heavy (non-hydrogen) atoms. The molecule has 0 unspecified atom stereocenters. The van der Waals surface area contributed by atoms with Crippen molar-refractivity contribution in [1.29, 1.82) is 0 Å². The first-order valence-electron chi connectivity index (χ1n) is 8.18. The van der Waals surface area contributed by atoms with Gasteiger partial charge in [0.15, 0.2) is 0 Å². The Kier molecular flexibility index (Phi) is 4.34. The molecule has 1 aliphatic heterocycles. The van der Waals surface area contributed by atoms with E-state index in [4.69, 9.17) is 0 Å². The summed E-state index contributed by atoms with van der Waals surface area (Å²) in [5, 5.41) is 11.6. The SMILES string of the molecule is Cn1nc2c(c1NC(=O)Cn1nc(-c3ccccc3)ccc1=O)CSC2. The lowest BCUT2D eigenvalue weighted by Gasteiger charge is -2.09. The van der Waals surface area contributed by atoms with Gasteiger partial charge in [-0.05, 0) is 6.07 Å². The lowest BCUT2D eigenvalue weighted by Crippen LogP contribution is -2.30. The van der Waals surface area contributed by atoms with Crippen molar-refractivity contribution >= 4 is 23.5 Å². The van der Waals surface area contributed by atoms with Crippen LogP contribution in [-0.2, 0) is 29.9 Å². The summed E-state index contributed by atoms with van der Waals surface area (Å²) in [6.45, 7) is -0.146. The van der Waals surface area contributed by atoms with Crippen LogP contribution in [0, 0.1) is 0 Å². The molecule has 0 atom stereocenters. The van der Waals surface area contributed by atoms with Gasteiger partial charge in [0.05, 0.1) is 11.4 Å². The van der Waals surface area contributed by atoms with Crippen molar-refractivity contribution in [1.82, 2.24) is 19.6 Å². The Bertz CT molecular complexity index is 1030. The molecule has 4 rings (SSSR count). The molecule has 1 amide bonds. The Morgan fingerprint density at radius 3 is 2.77 bits per heavy atom. The molecule has 0 fully saturated rings. The van der Waals surface area contributed by atoms with E-state index in [0.29, 0.717) is 11.5 Å². The molecule has 3 heterocycles. The minimum atomic E-state index is -0.314. The number of carbonyl (C=O) groups excluding carboxylic acids is 1. The number of anilines is 1. The predicted molar refractivity (Wildman–Crippen MR) is 101 cm³/mol. The van der Waals surface area contributed by atoms with E-state index in [0.717, 1.165) is 28.3 Å². The molecule has 1 aromatic carbocycles. The Morgan fingerprint density at radius 2 is 1.96 bits per heavy atom. The summed E-state index contributed by atoms with van der Waals surface area (Å²) in [6.07, 6.45) is 0. The number of nitrogens with zero attached hydrogens (tertiary/aromatic N) is 4. The van der Waals surface area contributed by atoms with Gasteiger partial charge in [-0.25, -0.2) is 4.68 Å². The number of benzene rings is 1. The third kappa shape index (κ3) is 3.15. The average molecular weight is 367 g/mol. The maximum absolute atomic E-state index is 12.5. The fourth-order valence-electron chi connectivity index (χ4n) is 2.93. The van der Waals surface area contributed by atoms with Gasteiger partial charge in [-0.3, -0.25) is 14.3 Å². The highest BCUT2D eigenvalue weighted by molar-refractivity contribution is 7.98. The number of amides is 1. The maximum Gasteiger partial charge on any atom is 0.267 e. The first-order chi connectivity index (χ1) is 12.6. The molecule has 0 aliphatic carbocycles. The molecule has 0 radical (unpaired) electrons. The van der Waals surface area contributed by atoms with Crippen molar-refractivity contribution in [2.75, 3.05) is 5.32 Å². The molecule has 132 valence electrons. The van der Waals surface area contributed by atoms with Crippen LogP contribution in [0.4, 0.5) is 5.82 Å². The topological polar surface area (TPSA) is 81.8 Å². The Hall–Kier alpha value is -2.87. The van der Waals surface area contributed by atoms with Crippen LogP contribution in [-0.4, -0.2) is 25.5 Å². The molecule has 1 aliphatic rings. The third-order valence-electron chi connectivity index (χ3n) is 4.20. The van der Waals surface area contributed by atoms with Crippen LogP contribution >= 0.6 is 11.8 Å². The summed E-state index contributed by atoms with van der Waals surface area (Å²) in [5.74, 6) is 2.09. The first kappa shape index (κ1) is 16.6. The second kappa shape index (κ2) is 6.80. The summed E-state index contributed by atoms with van der Waals surface area (Å²) < 4.78 is 2.86. The molecule has 7 nitrogen and oxygen atoms in total. The number of rotatable bonds is 4. The van der Waals surface area contributed by atoms with Gasteiger partial charge in [-0.15, -0.1) is 0 Å². The molecule has 0 saturated heterocycles. The number of carbonyl (C=O) groups is 1. The van der Waals surface area contributed by atoms with Gasteiger partial charge in [0.2, 0.25) is 5.91 Å². The third-order valence-corrected chi connectivity index (χ3v) is 5.17. The zero-order chi connectivity index (χ0) is 18.1. The Morgan fingerprint density at radius 1 is 1.15 bits per heavy atom.